The molecule has 0 unspecified atom stereocenters. The maximum atomic E-state index is 11.1. The number of unbranched alkanes of at least 4 members (excludes halogenated alkanes) is 3. The predicted octanol–water partition coefficient (Wildman–Crippen LogP) is 5.93. The van der Waals surface area contributed by atoms with Crippen LogP contribution in [0.3, 0.4) is 0 Å². The van der Waals surface area contributed by atoms with Crippen molar-refractivity contribution in [2.45, 2.75) is 72.6 Å². The molecule has 0 saturated carbocycles. The van der Waals surface area contributed by atoms with Crippen LogP contribution in [0.1, 0.15) is 59.3 Å². The standard InChI is InChI=1S/C7H5O2.3C4H9.Sn/c1-2-3-6-4-5-7(8)9-6;3*1-3-4-2;/h1-5H;3*1,3-4H2,2H3;/b2-1?,6-3-;;;;. The fraction of sp³-hybridized carbons (Fsp3) is 0.632. The van der Waals surface area contributed by atoms with Crippen molar-refractivity contribution in [1.82, 2.24) is 0 Å². The number of rotatable bonds is 11. The molecule has 0 atom stereocenters. The van der Waals surface area contributed by atoms with Crippen LogP contribution in [0.2, 0.25) is 13.3 Å². The van der Waals surface area contributed by atoms with E-state index in [0.717, 1.165) is 0 Å². The van der Waals surface area contributed by atoms with Crippen molar-refractivity contribution >= 4 is 24.3 Å². The number of carbonyl (C=O) groups excluding carboxylic acids is 1. The van der Waals surface area contributed by atoms with E-state index in [1.807, 2.05) is 6.08 Å². The number of allylic oxidation sites excluding steroid dienone is 3. The fourth-order valence-electron chi connectivity index (χ4n) is 2.98. The van der Waals surface area contributed by atoms with Gasteiger partial charge in [-0.15, -0.1) is 0 Å². The number of carbonyl (C=O) groups is 1. The van der Waals surface area contributed by atoms with Crippen LogP contribution in [0.15, 0.2) is 34.2 Å². The molecule has 0 spiro atoms. The molecule has 0 aliphatic carbocycles. The van der Waals surface area contributed by atoms with Crippen LogP contribution in [0.5, 0.6) is 0 Å². The van der Waals surface area contributed by atoms with Gasteiger partial charge in [-0.3, -0.25) is 0 Å². The van der Waals surface area contributed by atoms with Crippen LogP contribution in [0.4, 0.5) is 0 Å². The van der Waals surface area contributed by atoms with Gasteiger partial charge in [0.25, 0.3) is 0 Å². The zero-order valence-electron chi connectivity index (χ0n) is 14.6. The molecule has 0 N–H and O–H groups in total. The third-order valence-electron chi connectivity index (χ3n) is 4.40. The fourth-order valence-corrected chi connectivity index (χ4v) is 17.0. The van der Waals surface area contributed by atoms with Gasteiger partial charge in [-0.25, -0.2) is 0 Å². The summed E-state index contributed by atoms with van der Waals surface area (Å²) in [6.45, 7) is 6.89. The zero-order valence-corrected chi connectivity index (χ0v) is 17.4. The van der Waals surface area contributed by atoms with Gasteiger partial charge in [0.2, 0.25) is 0 Å². The third-order valence-corrected chi connectivity index (χ3v) is 18.5. The first-order valence-electron chi connectivity index (χ1n) is 8.95. The van der Waals surface area contributed by atoms with Crippen LogP contribution < -0.4 is 0 Å². The Morgan fingerprint density at radius 3 is 1.91 bits per heavy atom. The number of esters is 1. The molecule has 0 aromatic carbocycles. The molecular formula is C19H32O2Sn. The summed E-state index contributed by atoms with van der Waals surface area (Å²) >= 11 is -2.18. The molecule has 0 aromatic rings. The van der Waals surface area contributed by atoms with Gasteiger partial charge in [-0.1, -0.05) is 0 Å². The van der Waals surface area contributed by atoms with E-state index >= 15 is 0 Å². The molecule has 1 aliphatic heterocycles. The van der Waals surface area contributed by atoms with E-state index in [9.17, 15) is 4.79 Å². The van der Waals surface area contributed by atoms with E-state index in [-0.39, 0.29) is 5.97 Å². The van der Waals surface area contributed by atoms with Crippen LogP contribution in [-0.4, -0.2) is 24.3 Å². The Kier molecular flexibility index (Phi) is 9.85. The Morgan fingerprint density at radius 2 is 1.50 bits per heavy atom. The minimum atomic E-state index is -2.18. The van der Waals surface area contributed by atoms with E-state index in [1.165, 1.54) is 57.9 Å². The Labute approximate surface area is 140 Å². The molecule has 0 amide bonds. The average Bonchev–Trinajstić information content (AvgIpc) is 2.94. The zero-order chi connectivity index (χ0) is 16.3. The van der Waals surface area contributed by atoms with Crippen molar-refractivity contribution in [3.8, 4) is 0 Å². The van der Waals surface area contributed by atoms with Crippen LogP contribution >= 0.6 is 0 Å². The molecule has 0 aromatic heterocycles. The number of hydrogen-bond donors (Lipinski definition) is 0. The van der Waals surface area contributed by atoms with Gasteiger partial charge in [0.15, 0.2) is 0 Å². The van der Waals surface area contributed by atoms with Crippen LogP contribution in [-0.2, 0) is 9.53 Å². The molecule has 0 bridgehead atoms. The first-order valence-corrected chi connectivity index (χ1v) is 16.7. The first-order chi connectivity index (χ1) is 10.7. The third kappa shape index (κ3) is 7.17. The monoisotopic (exact) mass is 412 g/mol. The normalized spacial score (nSPS) is 16.9. The Hall–Kier alpha value is -0.511. The summed E-state index contributed by atoms with van der Waals surface area (Å²) in [5, 5.41) is 0. The summed E-state index contributed by atoms with van der Waals surface area (Å²) in [6.07, 6.45) is 15.4. The van der Waals surface area contributed by atoms with E-state index in [1.54, 1.807) is 6.08 Å². The van der Waals surface area contributed by atoms with Gasteiger partial charge in [-0.2, -0.15) is 0 Å². The Bertz CT molecular complexity index is 399. The number of hydrogen-bond acceptors (Lipinski definition) is 2. The summed E-state index contributed by atoms with van der Waals surface area (Å²) in [7, 11) is 0. The van der Waals surface area contributed by atoms with E-state index in [0.29, 0.717) is 5.76 Å². The first kappa shape index (κ1) is 19.5. The van der Waals surface area contributed by atoms with E-state index in [4.69, 9.17) is 4.74 Å². The Balaban J connectivity index is 2.79. The second kappa shape index (κ2) is 11.1. The second-order valence-electron chi connectivity index (χ2n) is 6.36. The molecular weight excluding hydrogens is 379 g/mol. The summed E-state index contributed by atoms with van der Waals surface area (Å²) in [5.41, 5.74) is 0. The predicted molar refractivity (Wildman–Crippen MR) is 97.4 cm³/mol. The van der Waals surface area contributed by atoms with Crippen molar-refractivity contribution in [1.29, 1.82) is 0 Å². The second-order valence-corrected chi connectivity index (χ2v) is 19.4. The molecule has 1 heterocycles. The van der Waals surface area contributed by atoms with Crippen molar-refractivity contribution in [2.75, 3.05) is 0 Å². The maximum absolute atomic E-state index is 11.1. The van der Waals surface area contributed by atoms with Crippen molar-refractivity contribution in [3.63, 3.8) is 0 Å². The molecule has 1 rings (SSSR count). The Morgan fingerprint density at radius 1 is 0.955 bits per heavy atom. The number of cyclic esters (lactones) is 1. The van der Waals surface area contributed by atoms with Crippen molar-refractivity contribution in [3.05, 3.63) is 34.2 Å². The summed E-state index contributed by atoms with van der Waals surface area (Å²) in [6, 6.07) is 0. The summed E-state index contributed by atoms with van der Waals surface area (Å²) < 4.78 is 12.1. The molecule has 124 valence electrons. The topological polar surface area (TPSA) is 26.3 Å². The van der Waals surface area contributed by atoms with Gasteiger partial charge in [0.05, 0.1) is 0 Å². The molecule has 1 aliphatic rings. The van der Waals surface area contributed by atoms with Gasteiger partial charge < -0.3 is 0 Å². The molecule has 22 heavy (non-hydrogen) atoms. The van der Waals surface area contributed by atoms with Gasteiger partial charge in [0.1, 0.15) is 0 Å². The molecule has 2 nitrogen and oxygen atoms in total. The quantitative estimate of drug-likeness (QED) is 0.311. The SMILES string of the molecule is CCC[CH2][Sn](/[CH]=C/C=C1/C=CC(=O)O1)([CH2]CCC)[CH2]CCC. The van der Waals surface area contributed by atoms with E-state index < -0.39 is 18.4 Å². The van der Waals surface area contributed by atoms with Gasteiger partial charge in [0, 0.05) is 0 Å². The minimum absolute atomic E-state index is 0.252. The van der Waals surface area contributed by atoms with E-state index in [2.05, 4.69) is 30.9 Å². The van der Waals surface area contributed by atoms with Crippen molar-refractivity contribution in [2.24, 2.45) is 0 Å². The van der Waals surface area contributed by atoms with Gasteiger partial charge in [-0.05, 0) is 0 Å². The average molecular weight is 411 g/mol. The summed E-state index contributed by atoms with van der Waals surface area (Å²) in [5.74, 6) is 0.431. The van der Waals surface area contributed by atoms with Gasteiger partial charge >= 0.3 is 141 Å². The van der Waals surface area contributed by atoms with Crippen molar-refractivity contribution < 1.29 is 9.53 Å². The van der Waals surface area contributed by atoms with Crippen LogP contribution in [0.25, 0.3) is 0 Å². The molecule has 0 radical (unpaired) electrons. The molecule has 0 fully saturated rings. The molecule has 0 saturated heterocycles. The van der Waals surface area contributed by atoms with Crippen LogP contribution in [0, 0.1) is 0 Å². The number of ether oxygens (including phenoxy) is 1. The molecule has 3 heteroatoms. The summed E-state index contributed by atoms with van der Waals surface area (Å²) in [4.78, 5) is 11.1.